The lowest BCUT2D eigenvalue weighted by molar-refractivity contribution is 0.0853. The van der Waals surface area contributed by atoms with Crippen LogP contribution < -0.4 is 5.32 Å². The summed E-state index contributed by atoms with van der Waals surface area (Å²) in [6.45, 7) is 1.35. The second-order valence-corrected chi connectivity index (χ2v) is 3.44. The first-order valence-electron chi connectivity index (χ1n) is 5.02. The summed E-state index contributed by atoms with van der Waals surface area (Å²) in [5.41, 5.74) is 0.343. The Morgan fingerprint density at radius 3 is 3.20 bits per heavy atom. The monoisotopic (exact) mass is 207 g/mol. The summed E-state index contributed by atoms with van der Waals surface area (Å²) in [6, 6.07) is 0. The highest BCUT2D eigenvalue weighted by Gasteiger charge is 2.16. The smallest absolute Gasteiger partial charge is 0.271 e. The highest BCUT2D eigenvalue weighted by atomic mass is 16.5. The molecule has 1 aliphatic rings. The topological polar surface area (TPSA) is 64.1 Å². The van der Waals surface area contributed by atoms with E-state index in [1.807, 2.05) is 0 Å². The summed E-state index contributed by atoms with van der Waals surface area (Å²) in [4.78, 5) is 19.3. The van der Waals surface area contributed by atoms with Crippen LogP contribution in [0.4, 0.5) is 0 Å². The Balaban J connectivity index is 1.82. The molecular weight excluding hydrogens is 194 g/mol. The van der Waals surface area contributed by atoms with E-state index in [1.54, 1.807) is 0 Å². The van der Waals surface area contributed by atoms with Gasteiger partial charge >= 0.3 is 0 Å². The van der Waals surface area contributed by atoms with Crippen molar-refractivity contribution in [2.75, 3.05) is 13.2 Å². The zero-order valence-corrected chi connectivity index (χ0v) is 8.35. The summed E-state index contributed by atoms with van der Waals surface area (Å²) in [7, 11) is 0. The van der Waals surface area contributed by atoms with Crippen molar-refractivity contribution >= 4 is 5.91 Å². The van der Waals surface area contributed by atoms with Gasteiger partial charge in [0.25, 0.3) is 5.91 Å². The highest BCUT2D eigenvalue weighted by molar-refractivity contribution is 5.91. The molecule has 15 heavy (non-hydrogen) atoms. The number of aromatic nitrogens is 2. The molecule has 2 rings (SSSR count). The number of nitrogens with one attached hydrogen (secondary N) is 1. The number of rotatable bonds is 3. The molecule has 80 valence electrons. The van der Waals surface area contributed by atoms with Crippen molar-refractivity contribution in [1.29, 1.82) is 0 Å². The van der Waals surface area contributed by atoms with Crippen LogP contribution in [-0.2, 0) is 4.74 Å². The Morgan fingerprint density at radius 2 is 2.53 bits per heavy atom. The van der Waals surface area contributed by atoms with E-state index in [4.69, 9.17) is 4.74 Å². The van der Waals surface area contributed by atoms with Gasteiger partial charge in [-0.15, -0.1) is 0 Å². The molecule has 0 radical (unpaired) electrons. The maximum absolute atomic E-state index is 11.5. The quantitative estimate of drug-likeness (QED) is 0.778. The van der Waals surface area contributed by atoms with Crippen molar-refractivity contribution in [3.05, 3.63) is 24.3 Å². The molecule has 0 bridgehead atoms. The number of ether oxygens (including phenoxy) is 1. The first-order chi connectivity index (χ1) is 7.36. The van der Waals surface area contributed by atoms with Crippen LogP contribution in [0.5, 0.6) is 0 Å². The molecule has 1 aliphatic heterocycles. The molecule has 1 fully saturated rings. The predicted molar refractivity (Wildman–Crippen MR) is 53.3 cm³/mol. The molecule has 5 heteroatoms. The Kier molecular flexibility index (Phi) is 3.24. The van der Waals surface area contributed by atoms with Crippen molar-refractivity contribution < 1.29 is 9.53 Å². The van der Waals surface area contributed by atoms with Gasteiger partial charge in [-0.1, -0.05) is 0 Å². The van der Waals surface area contributed by atoms with Gasteiger partial charge in [0.1, 0.15) is 5.69 Å². The van der Waals surface area contributed by atoms with Crippen LogP contribution in [0.3, 0.4) is 0 Å². The van der Waals surface area contributed by atoms with Gasteiger partial charge in [-0.3, -0.25) is 9.78 Å². The van der Waals surface area contributed by atoms with Crippen LogP contribution in [0.25, 0.3) is 0 Å². The van der Waals surface area contributed by atoms with Crippen molar-refractivity contribution in [2.24, 2.45) is 0 Å². The molecule has 0 spiro atoms. The maximum atomic E-state index is 11.5. The zero-order chi connectivity index (χ0) is 10.5. The third kappa shape index (κ3) is 2.73. The molecule has 2 heterocycles. The Bertz CT molecular complexity index is 323. The number of nitrogens with zero attached hydrogens (tertiary/aromatic N) is 2. The van der Waals surface area contributed by atoms with E-state index in [-0.39, 0.29) is 12.0 Å². The Morgan fingerprint density at radius 1 is 1.60 bits per heavy atom. The van der Waals surface area contributed by atoms with E-state index in [0.29, 0.717) is 12.2 Å². The van der Waals surface area contributed by atoms with Gasteiger partial charge in [0.15, 0.2) is 0 Å². The van der Waals surface area contributed by atoms with Crippen LogP contribution in [0, 0.1) is 0 Å². The second-order valence-electron chi connectivity index (χ2n) is 3.44. The summed E-state index contributed by atoms with van der Waals surface area (Å²) in [5, 5.41) is 2.77. The first kappa shape index (κ1) is 10.0. The van der Waals surface area contributed by atoms with E-state index in [2.05, 4.69) is 15.3 Å². The van der Waals surface area contributed by atoms with Crippen LogP contribution in [0.1, 0.15) is 23.3 Å². The zero-order valence-electron chi connectivity index (χ0n) is 8.35. The average Bonchev–Trinajstić information content (AvgIpc) is 2.80. The summed E-state index contributed by atoms with van der Waals surface area (Å²) in [5.74, 6) is -0.196. The fourth-order valence-corrected chi connectivity index (χ4v) is 1.52. The molecule has 1 saturated heterocycles. The molecule has 1 N–H and O–H groups in total. The van der Waals surface area contributed by atoms with Gasteiger partial charge in [-0.05, 0) is 12.8 Å². The molecule has 1 atom stereocenters. The van der Waals surface area contributed by atoms with E-state index >= 15 is 0 Å². The number of amides is 1. The van der Waals surface area contributed by atoms with Crippen molar-refractivity contribution in [1.82, 2.24) is 15.3 Å². The third-order valence-electron chi connectivity index (χ3n) is 2.31. The molecule has 0 aromatic carbocycles. The highest BCUT2D eigenvalue weighted by Crippen LogP contribution is 2.10. The summed E-state index contributed by atoms with van der Waals surface area (Å²) < 4.78 is 5.39. The van der Waals surface area contributed by atoms with Gasteiger partial charge in [0.2, 0.25) is 0 Å². The Hall–Kier alpha value is -1.49. The lowest BCUT2D eigenvalue weighted by atomic mass is 10.2. The van der Waals surface area contributed by atoms with E-state index in [9.17, 15) is 4.79 Å². The minimum atomic E-state index is -0.196. The molecule has 5 nitrogen and oxygen atoms in total. The summed E-state index contributed by atoms with van der Waals surface area (Å²) in [6.07, 6.45) is 6.74. The standard InChI is InChI=1S/C10H13N3O2/c14-10(9-7-11-3-4-12-9)13-6-8-2-1-5-15-8/h3-4,7-8H,1-2,5-6H2,(H,13,14). The van der Waals surface area contributed by atoms with Crippen molar-refractivity contribution in [2.45, 2.75) is 18.9 Å². The van der Waals surface area contributed by atoms with Gasteiger partial charge in [0, 0.05) is 25.5 Å². The van der Waals surface area contributed by atoms with Gasteiger partial charge in [-0.25, -0.2) is 4.98 Å². The molecule has 1 amide bonds. The second kappa shape index (κ2) is 4.84. The van der Waals surface area contributed by atoms with Crippen LogP contribution in [0.2, 0.25) is 0 Å². The van der Waals surface area contributed by atoms with E-state index in [0.717, 1.165) is 19.4 Å². The van der Waals surface area contributed by atoms with Gasteiger partial charge in [-0.2, -0.15) is 0 Å². The molecular formula is C10H13N3O2. The van der Waals surface area contributed by atoms with Gasteiger partial charge < -0.3 is 10.1 Å². The number of hydrogen-bond donors (Lipinski definition) is 1. The number of carbonyl (C=O) groups is 1. The van der Waals surface area contributed by atoms with Crippen molar-refractivity contribution in [3.8, 4) is 0 Å². The normalized spacial score (nSPS) is 20.1. The van der Waals surface area contributed by atoms with Crippen LogP contribution in [0.15, 0.2) is 18.6 Å². The lowest BCUT2D eigenvalue weighted by Crippen LogP contribution is -2.32. The molecule has 0 saturated carbocycles. The fraction of sp³-hybridized carbons (Fsp3) is 0.500. The maximum Gasteiger partial charge on any atom is 0.271 e. The molecule has 1 aromatic heterocycles. The van der Waals surface area contributed by atoms with Crippen LogP contribution in [-0.4, -0.2) is 35.1 Å². The molecule has 0 aliphatic carbocycles. The largest absolute Gasteiger partial charge is 0.376 e. The van der Waals surface area contributed by atoms with E-state index < -0.39 is 0 Å². The fourth-order valence-electron chi connectivity index (χ4n) is 1.52. The van der Waals surface area contributed by atoms with Crippen molar-refractivity contribution in [3.63, 3.8) is 0 Å². The predicted octanol–water partition coefficient (Wildman–Crippen LogP) is 0.385. The Labute approximate surface area is 87.9 Å². The van der Waals surface area contributed by atoms with E-state index in [1.165, 1.54) is 18.6 Å². The molecule has 1 aromatic rings. The molecule has 1 unspecified atom stereocenters. The minimum absolute atomic E-state index is 0.158. The minimum Gasteiger partial charge on any atom is -0.376 e. The average molecular weight is 207 g/mol. The first-order valence-corrected chi connectivity index (χ1v) is 5.02. The SMILES string of the molecule is O=C(NCC1CCCO1)c1cnccn1. The lowest BCUT2D eigenvalue weighted by Gasteiger charge is -2.09. The third-order valence-corrected chi connectivity index (χ3v) is 2.31. The van der Waals surface area contributed by atoms with Crippen LogP contribution >= 0.6 is 0 Å². The van der Waals surface area contributed by atoms with Gasteiger partial charge in [0.05, 0.1) is 12.3 Å². The number of carbonyl (C=O) groups excluding carboxylic acids is 1. The number of hydrogen-bond acceptors (Lipinski definition) is 4. The summed E-state index contributed by atoms with van der Waals surface area (Å²) >= 11 is 0.